The molecule has 1 fully saturated rings. The van der Waals surface area contributed by atoms with Crippen LogP contribution in [0.15, 0.2) is 223 Å². The lowest BCUT2D eigenvalue weighted by Gasteiger charge is -2.31. The van der Waals surface area contributed by atoms with E-state index in [4.69, 9.17) is 4.42 Å². The van der Waals surface area contributed by atoms with Crippen LogP contribution in [0, 0.1) is 0 Å². The second kappa shape index (κ2) is 16.2. The van der Waals surface area contributed by atoms with Crippen molar-refractivity contribution in [2.24, 2.45) is 0 Å². The van der Waals surface area contributed by atoms with Crippen molar-refractivity contribution >= 4 is 60.5 Å². The van der Waals surface area contributed by atoms with Crippen molar-refractivity contribution in [3.8, 4) is 44.5 Å². The van der Waals surface area contributed by atoms with Gasteiger partial charge in [-0.25, -0.2) is 0 Å². The van der Waals surface area contributed by atoms with E-state index in [0.717, 1.165) is 50.1 Å². The maximum atomic E-state index is 6.21. The highest BCUT2D eigenvalue weighted by Crippen LogP contribution is 2.49. The van der Waals surface area contributed by atoms with Gasteiger partial charge in [0.2, 0.25) is 0 Å². The number of hydrogen-bond donors (Lipinski definition) is 0. The molecule has 0 N–H and O–H groups in total. The lowest BCUT2D eigenvalue weighted by molar-refractivity contribution is 0.445. The average molecular weight is 822 g/mol. The lowest BCUT2D eigenvalue weighted by atomic mass is 9.80. The molecule has 64 heavy (non-hydrogen) atoms. The molecule has 11 aromatic rings. The predicted molar refractivity (Wildman–Crippen MR) is 271 cm³/mol. The second-order valence-electron chi connectivity index (χ2n) is 17.4. The van der Waals surface area contributed by atoms with Gasteiger partial charge in [0.1, 0.15) is 11.2 Å². The number of fused-ring (bicyclic) bond motifs is 5. The Morgan fingerprint density at radius 3 is 1.62 bits per heavy atom. The minimum atomic E-state index is 0.569. The van der Waals surface area contributed by atoms with Crippen molar-refractivity contribution in [3.05, 3.63) is 224 Å². The molecule has 2 nitrogen and oxygen atoms in total. The quantitative estimate of drug-likeness (QED) is 0.152. The highest BCUT2D eigenvalue weighted by molar-refractivity contribution is 6.10. The van der Waals surface area contributed by atoms with Crippen molar-refractivity contribution < 1.29 is 4.42 Å². The van der Waals surface area contributed by atoms with E-state index < -0.39 is 0 Å². The van der Waals surface area contributed by atoms with Crippen LogP contribution in [0.3, 0.4) is 0 Å². The SMILES string of the molecule is c1ccc(-c2cccc3cccc(-c4ccccc4N(c4ccc(-c5ccc6oc7ccccc7c6c5)cc4)c4ccccc4-c4cccc5cccc(C6CCCCC6)c45)c23)cc1. The third-order valence-electron chi connectivity index (χ3n) is 13.7. The molecule has 2 heteroatoms. The number of nitrogens with zero attached hydrogens (tertiary/aromatic N) is 1. The van der Waals surface area contributed by atoms with E-state index in [1.165, 1.54) is 92.6 Å². The van der Waals surface area contributed by atoms with E-state index in [1.807, 2.05) is 12.1 Å². The summed E-state index contributed by atoms with van der Waals surface area (Å²) in [5.41, 5.74) is 16.3. The largest absolute Gasteiger partial charge is 0.456 e. The van der Waals surface area contributed by atoms with E-state index in [0.29, 0.717) is 5.92 Å². The number of benzene rings is 10. The molecule has 0 bridgehead atoms. The second-order valence-corrected chi connectivity index (χ2v) is 17.4. The standard InChI is InChI=1S/C62H47NO/c1-3-17-43(18-4-1)49-28-13-21-45-23-15-30-54(61(45)49)51-25-7-10-32-57(51)63(48-38-35-42(36-39-48)47-37-40-60-56(41-47)53-27-9-12-34-59(53)64-60)58-33-11-8-26-52(58)55-31-16-24-46-22-14-29-50(62(46)55)44-19-5-2-6-20-44/h1,3-4,7-18,21-41,44H,2,5-6,19-20H2. The first kappa shape index (κ1) is 38.0. The van der Waals surface area contributed by atoms with Gasteiger partial charge < -0.3 is 9.32 Å². The zero-order valence-corrected chi connectivity index (χ0v) is 35.8. The van der Waals surface area contributed by atoms with Crippen molar-refractivity contribution in [1.82, 2.24) is 0 Å². The third kappa shape index (κ3) is 6.66. The van der Waals surface area contributed by atoms with Crippen LogP contribution in [0.1, 0.15) is 43.6 Å². The molecule has 1 aliphatic rings. The summed E-state index contributed by atoms with van der Waals surface area (Å²) in [4.78, 5) is 2.51. The van der Waals surface area contributed by atoms with E-state index in [-0.39, 0.29) is 0 Å². The lowest BCUT2D eigenvalue weighted by Crippen LogP contribution is -2.13. The van der Waals surface area contributed by atoms with Crippen LogP contribution >= 0.6 is 0 Å². The van der Waals surface area contributed by atoms with Gasteiger partial charge in [0.15, 0.2) is 0 Å². The molecule has 0 saturated heterocycles. The fraction of sp³-hybridized carbons (Fsp3) is 0.0968. The Labute approximate surface area is 374 Å². The Bertz CT molecular complexity index is 3470. The van der Waals surface area contributed by atoms with Crippen LogP contribution in [0.25, 0.3) is 88.0 Å². The molecule has 0 amide bonds. The monoisotopic (exact) mass is 821 g/mol. The van der Waals surface area contributed by atoms with Crippen LogP contribution in [-0.2, 0) is 0 Å². The highest BCUT2D eigenvalue weighted by Gasteiger charge is 2.25. The fourth-order valence-corrected chi connectivity index (χ4v) is 10.7. The molecular weight excluding hydrogens is 775 g/mol. The molecule has 1 aliphatic carbocycles. The molecule has 0 radical (unpaired) electrons. The van der Waals surface area contributed by atoms with Gasteiger partial charge in [-0.2, -0.15) is 0 Å². The predicted octanol–water partition coefficient (Wildman–Crippen LogP) is 18.1. The van der Waals surface area contributed by atoms with Gasteiger partial charge in [0, 0.05) is 27.6 Å². The van der Waals surface area contributed by atoms with Crippen molar-refractivity contribution in [2.45, 2.75) is 38.0 Å². The average Bonchev–Trinajstić information content (AvgIpc) is 3.75. The summed E-state index contributed by atoms with van der Waals surface area (Å²) in [6.45, 7) is 0. The Balaban J connectivity index is 1.08. The maximum absolute atomic E-state index is 6.21. The van der Waals surface area contributed by atoms with Crippen molar-refractivity contribution in [1.29, 1.82) is 0 Å². The van der Waals surface area contributed by atoms with E-state index >= 15 is 0 Å². The smallest absolute Gasteiger partial charge is 0.135 e. The van der Waals surface area contributed by atoms with Gasteiger partial charge in [-0.15, -0.1) is 0 Å². The van der Waals surface area contributed by atoms with E-state index in [2.05, 4.69) is 211 Å². The molecule has 12 rings (SSSR count). The van der Waals surface area contributed by atoms with Gasteiger partial charge in [0.25, 0.3) is 0 Å². The molecule has 1 aromatic heterocycles. The Kier molecular flexibility index (Phi) is 9.64. The first-order chi connectivity index (χ1) is 31.8. The van der Waals surface area contributed by atoms with Gasteiger partial charge in [-0.05, 0) is 122 Å². The number of para-hydroxylation sites is 3. The minimum Gasteiger partial charge on any atom is -0.456 e. The van der Waals surface area contributed by atoms with Crippen LogP contribution in [-0.4, -0.2) is 0 Å². The van der Waals surface area contributed by atoms with Gasteiger partial charge in [-0.1, -0.05) is 195 Å². The first-order valence-corrected chi connectivity index (χ1v) is 22.9. The molecule has 0 unspecified atom stereocenters. The number of hydrogen-bond acceptors (Lipinski definition) is 2. The van der Waals surface area contributed by atoms with Crippen molar-refractivity contribution in [2.75, 3.05) is 4.90 Å². The summed E-state index contributed by atoms with van der Waals surface area (Å²) >= 11 is 0. The minimum absolute atomic E-state index is 0.569. The first-order valence-electron chi connectivity index (χ1n) is 22.9. The van der Waals surface area contributed by atoms with Crippen LogP contribution in [0.5, 0.6) is 0 Å². The summed E-state index contributed by atoms with van der Waals surface area (Å²) < 4.78 is 6.21. The zero-order chi connectivity index (χ0) is 42.4. The molecule has 10 aromatic carbocycles. The Morgan fingerprint density at radius 2 is 0.906 bits per heavy atom. The molecule has 306 valence electrons. The highest BCUT2D eigenvalue weighted by atomic mass is 16.3. The molecule has 1 heterocycles. The summed E-state index contributed by atoms with van der Waals surface area (Å²) in [5, 5.41) is 7.43. The summed E-state index contributed by atoms with van der Waals surface area (Å²) in [6, 6.07) is 80.2. The van der Waals surface area contributed by atoms with Gasteiger partial charge >= 0.3 is 0 Å². The van der Waals surface area contributed by atoms with Crippen LogP contribution < -0.4 is 4.90 Å². The molecule has 0 spiro atoms. The fourth-order valence-electron chi connectivity index (χ4n) is 10.7. The van der Waals surface area contributed by atoms with E-state index in [1.54, 1.807) is 0 Å². The zero-order valence-electron chi connectivity index (χ0n) is 35.8. The van der Waals surface area contributed by atoms with Crippen LogP contribution in [0.4, 0.5) is 17.1 Å². The number of furan rings is 1. The summed E-state index contributed by atoms with van der Waals surface area (Å²) in [5.74, 6) is 0.569. The summed E-state index contributed by atoms with van der Waals surface area (Å²) in [7, 11) is 0. The summed E-state index contributed by atoms with van der Waals surface area (Å²) in [6.07, 6.45) is 6.43. The molecule has 1 saturated carbocycles. The molecule has 0 aliphatic heterocycles. The van der Waals surface area contributed by atoms with E-state index in [9.17, 15) is 0 Å². The Morgan fingerprint density at radius 1 is 0.359 bits per heavy atom. The normalized spacial score (nSPS) is 13.2. The number of rotatable bonds is 8. The molecule has 0 atom stereocenters. The maximum Gasteiger partial charge on any atom is 0.135 e. The third-order valence-corrected chi connectivity index (χ3v) is 13.7. The van der Waals surface area contributed by atoms with Gasteiger partial charge in [0.05, 0.1) is 11.4 Å². The molecular formula is C62H47NO. The van der Waals surface area contributed by atoms with Crippen LogP contribution in [0.2, 0.25) is 0 Å². The number of anilines is 3. The Hall–Kier alpha value is -7.68. The van der Waals surface area contributed by atoms with Crippen molar-refractivity contribution in [3.63, 3.8) is 0 Å². The topological polar surface area (TPSA) is 16.4 Å². The van der Waals surface area contributed by atoms with Gasteiger partial charge in [-0.3, -0.25) is 0 Å².